The summed E-state index contributed by atoms with van der Waals surface area (Å²) >= 11 is 1.39. The lowest BCUT2D eigenvalue weighted by Crippen LogP contribution is -2.32. The molecule has 0 saturated heterocycles. The van der Waals surface area contributed by atoms with Crippen molar-refractivity contribution >= 4 is 23.2 Å². The Kier molecular flexibility index (Phi) is 6.51. The molecule has 3 aromatic rings. The maximum Gasteiger partial charge on any atom is 0.416 e. The molecule has 3 rings (SSSR count). The largest absolute Gasteiger partial charge is 0.452 e. The van der Waals surface area contributed by atoms with Crippen LogP contribution in [0.2, 0.25) is 0 Å². The highest BCUT2D eigenvalue weighted by Gasteiger charge is 2.30. The molecule has 0 spiro atoms. The number of halogens is 4. The molecule has 4 nitrogen and oxygen atoms in total. The smallest absolute Gasteiger partial charge is 0.416 e. The normalized spacial score (nSPS) is 12.3. The summed E-state index contributed by atoms with van der Waals surface area (Å²) in [6.07, 6.45) is -4.51. The highest BCUT2D eigenvalue weighted by atomic mass is 32.1. The van der Waals surface area contributed by atoms with Gasteiger partial charge in [0.1, 0.15) is 5.82 Å². The van der Waals surface area contributed by atoms with Crippen molar-refractivity contribution in [1.29, 1.82) is 0 Å². The average Bonchev–Trinajstić information content (AvgIpc) is 3.25. The average molecular weight is 437 g/mol. The molecular weight excluding hydrogens is 422 g/mol. The molecule has 1 heterocycles. The zero-order valence-electron chi connectivity index (χ0n) is 15.3. The minimum Gasteiger partial charge on any atom is -0.452 e. The first-order chi connectivity index (χ1) is 14.2. The second-order valence-corrected chi connectivity index (χ2v) is 7.20. The van der Waals surface area contributed by atoms with E-state index < -0.39 is 42.1 Å². The van der Waals surface area contributed by atoms with Crippen LogP contribution in [0.15, 0.2) is 66.0 Å². The minimum absolute atomic E-state index is 0.107. The predicted octanol–water partition coefficient (Wildman–Crippen LogP) is 4.97. The Hall–Kier alpha value is -3.20. The van der Waals surface area contributed by atoms with Crippen LogP contribution in [0, 0.1) is 5.82 Å². The number of benzene rings is 2. The minimum atomic E-state index is -4.51. The quantitative estimate of drug-likeness (QED) is 0.438. The van der Waals surface area contributed by atoms with E-state index in [9.17, 15) is 27.2 Å². The van der Waals surface area contributed by atoms with Gasteiger partial charge in [-0.05, 0) is 53.4 Å². The molecule has 2 aromatic carbocycles. The van der Waals surface area contributed by atoms with Gasteiger partial charge in [-0.25, -0.2) is 9.18 Å². The molecule has 1 atom stereocenters. The maximum atomic E-state index is 13.2. The fraction of sp³-hybridized carbons (Fsp3) is 0.143. The van der Waals surface area contributed by atoms with Crippen molar-refractivity contribution in [1.82, 2.24) is 5.32 Å². The monoisotopic (exact) mass is 437 g/mol. The molecule has 1 N–H and O–H groups in total. The molecule has 1 unspecified atom stereocenters. The molecule has 1 amide bonds. The van der Waals surface area contributed by atoms with E-state index in [1.54, 1.807) is 12.1 Å². The summed E-state index contributed by atoms with van der Waals surface area (Å²) in [4.78, 5) is 25.1. The second-order valence-electron chi connectivity index (χ2n) is 6.22. The fourth-order valence-corrected chi connectivity index (χ4v) is 3.44. The SMILES string of the molecule is O=C(COC(=O)c1ccc(C(F)(F)F)cc1)NC(c1ccc(F)cc1)c1cccs1. The Morgan fingerprint density at radius 1 is 1.00 bits per heavy atom. The molecule has 0 aliphatic carbocycles. The lowest BCUT2D eigenvalue weighted by atomic mass is 10.1. The van der Waals surface area contributed by atoms with Crippen molar-refractivity contribution in [2.75, 3.05) is 6.61 Å². The number of rotatable bonds is 6. The van der Waals surface area contributed by atoms with Crippen LogP contribution in [-0.4, -0.2) is 18.5 Å². The topological polar surface area (TPSA) is 55.4 Å². The van der Waals surface area contributed by atoms with Crippen molar-refractivity contribution in [2.45, 2.75) is 12.2 Å². The number of hydrogen-bond acceptors (Lipinski definition) is 4. The molecule has 0 aliphatic rings. The van der Waals surface area contributed by atoms with Crippen LogP contribution >= 0.6 is 11.3 Å². The van der Waals surface area contributed by atoms with Crippen LogP contribution in [0.25, 0.3) is 0 Å². The maximum absolute atomic E-state index is 13.2. The molecule has 1 aromatic heterocycles. The number of esters is 1. The lowest BCUT2D eigenvalue weighted by Gasteiger charge is -2.18. The summed E-state index contributed by atoms with van der Waals surface area (Å²) in [5.74, 6) is -1.95. The predicted molar refractivity (Wildman–Crippen MR) is 102 cm³/mol. The highest BCUT2D eigenvalue weighted by molar-refractivity contribution is 7.10. The zero-order chi connectivity index (χ0) is 21.7. The zero-order valence-corrected chi connectivity index (χ0v) is 16.1. The van der Waals surface area contributed by atoms with E-state index in [4.69, 9.17) is 4.74 Å². The van der Waals surface area contributed by atoms with E-state index in [1.165, 1.54) is 35.6 Å². The number of carbonyl (C=O) groups excluding carboxylic acids is 2. The van der Waals surface area contributed by atoms with E-state index in [2.05, 4.69) is 5.32 Å². The number of alkyl halides is 3. The number of thiophene rings is 1. The van der Waals surface area contributed by atoms with Gasteiger partial charge < -0.3 is 10.1 Å². The molecular formula is C21H15F4NO3S. The van der Waals surface area contributed by atoms with Crippen LogP contribution in [0.3, 0.4) is 0 Å². The van der Waals surface area contributed by atoms with Gasteiger partial charge in [-0.15, -0.1) is 11.3 Å². The van der Waals surface area contributed by atoms with Gasteiger partial charge in [0.15, 0.2) is 6.61 Å². The highest BCUT2D eigenvalue weighted by Crippen LogP contribution is 2.29. The fourth-order valence-electron chi connectivity index (χ4n) is 2.64. The number of amides is 1. The van der Waals surface area contributed by atoms with E-state index >= 15 is 0 Å². The van der Waals surface area contributed by atoms with Crippen molar-refractivity contribution in [3.8, 4) is 0 Å². The third-order valence-corrected chi connectivity index (χ3v) is 5.06. The van der Waals surface area contributed by atoms with Gasteiger partial charge in [0.25, 0.3) is 5.91 Å². The van der Waals surface area contributed by atoms with Gasteiger partial charge in [0, 0.05) is 4.88 Å². The van der Waals surface area contributed by atoms with E-state index in [0.29, 0.717) is 5.56 Å². The first-order valence-corrected chi connectivity index (χ1v) is 9.54. The van der Waals surface area contributed by atoms with Gasteiger partial charge in [-0.2, -0.15) is 13.2 Å². The van der Waals surface area contributed by atoms with Gasteiger partial charge in [-0.1, -0.05) is 18.2 Å². The summed E-state index contributed by atoms with van der Waals surface area (Å²) in [6.45, 7) is -0.622. The summed E-state index contributed by atoms with van der Waals surface area (Å²) in [6, 6.07) is 12.1. The molecule has 0 saturated carbocycles. The standard InChI is InChI=1S/C21H15F4NO3S/c22-16-9-5-13(6-10-16)19(17-2-1-11-30-17)26-18(27)12-29-20(28)14-3-7-15(8-4-14)21(23,24)25/h1-11,19H,12H2,(H,26,27). The van der Waals surface area contributed by atoms with E-state index in [1.807, 2.05) is 5.38 Å². The van der Waals surface area contributed by atoms with Crippen molar-refractivity contribution in [3.05, 3.63) is 93.4 Å². The summed E-state index contributed by atoms with van der Waals surface area (Å²) in [5.41, 5.74) is -0.361. The third-order valence-electron chi connectivity index (χ3n) is 4.12. The van der Waals surface area contributed by atoms with Crippen molar-refractivity contribution < 1.29 is 31.9 Å². The number of hydrogen-bond donors (Lipinski definition) is 1. The summed E-state index contributed by atoms with van der Waals surface area (Å²) < 4.78 is 55.9. The first-order valence-electron chi connectivity index (χ1n) is 8.66. The molecule has 0 fully saturated rings. The number of carbonyl (C=O) groups is 2. The van der Waals surface area contributed by atoms with Crippen LogP contribution < -0.4 is 5.32 Å². The van der Waals surface area contributed by atoms with Crippen LogP contribution in [-0.2, 0) is 15.7 Å². The molecule has 9 heteroatoms. The van der Waals surface area contributed by atoms with Gasteiger partial charge in [0.2, 0.25) is 0 Å². The van der Waals surface area contributed by atoms with Gasteiger partial charge >= 0.3 is 12.1 Å². The van der Waals surface area contributed by atoms with Gasteiger partial charge in [-0.3, -0.25) is 4.79 Å². The van der Waals surface area contributed by atoms with Crippen LogP contribution in [0.5, 0.6) is 0 Å². The van der Waals surface area contributed by atoms with Crippen LogP contribution in [0.4, 0.5) is 17.6 Å². The Bertz CT molecular complexity index is 1000. The molecule has 0 aliphatic heterocycles. The number of nitrogens with one attached hydrogen (secondary N) is 1. The summed E-state index contributed by atoms with van der Waals surface area (Å²) in [7, 11) is 0. The van der Waals surface area contributed by atoms with E-state index in [-0.39, 0.29) is 5.56 Å². The Labute approximate surface area is 173 Å². The molecule has 0 bridgehead atoms. The Morgan fingerprint density at radius 3 is 2.23 bits per heavy atom. The van der Waals surface area contributed by atoms with Crippen LogP contribution in [0.1, 0.15) is 32.4 Å². The Balaban J connectivity index is 1.63. The molecule has 0 radical (unpaired) electrons. The van der Waals surface area contributed by atoms with Crippen molar-refractivity contribution in [2.24, 2.45) is 0 Å². The first kappa shape index (κ1) is 21.5. The lowest BCUT2D eigenvalue weighted by molar-refractivity contribution is -0.137. The molecule has 156 valence electrons. The van der Waals surface area contributed by atoms with Crippen molar-refractivity contribution in [3.63, 3.8) is 0 Å². The number of ether oxygens (including phenoxy) is 1. The summed E-state index contributed by atoms with van der Waals surface area (Å²) in [5, 5.41) is 4.54. The third kappa shape index (κ3) is 5.44. The second kappa shape index (κ2) is 9.08. The molecule has 30 heavy (non-hydrogen) atoms. The Morgan fingerprint density at radius 2 is 1.67 bits per heavy atom. The van der Waals surface area contributed by atoms with E-state index in [0.717, 1.165) is 29.1 Å². The van der Waals surface area contributed by atoms with Gasteiger partial charge in [0.05, 0.1) is 17.2 Å².